The van der Waals surface area contributed by atoms with E-state index >= 15 is 0 Å². The molecule has 0 spiro atoms. The monoisotopic (exact) mass is 406 g/mol. The van der Waals surface area contributed by atoms with Crippen molar-refractivity contribution in [2.75, 3.05) is 19.6 Å². The SMILES string of the molecule is CC(C)(C)c1ccc(-c2ccc3cc(C(=O)NCC4CCNCC4)sc3c2)cc1. The Labute approximate surface area is 177 Å². The third-order valence-electron chi connectivity index (χ3n) is 5.84. The first-order valence-electron chi connectivity index (χ1n) is 10.5. The summed E-state index contributed by atoms with van der Waals surface area (Å²) < 4.78 is 1.16. The van der Waals surface area contributed by atoms with Crippen LogP contribution in [0.5, 0.6) is 0 Å². The first-order chi connectivity index (χ1) is 13.9. The van der Waals surface area contributed by atoms with Crippen LogP contribution in [0.2, 0.25) is 0 Å². The van der Waals surface area contributed by atoms with Crippen LogP contribution in [0.1, 0.15) is 48.8 Å². The number of rotatable bonds is 4. The van der Waals surface area contributed by atoms with Gasteiger partial charge in [0.1, 0.15) is 0 Å². The molecule has 4 heteroatoms. The first kappa shape index (κ1) is 20.1. The molecule has 1 aliphatic heterocycles. The Balaban J connectivity index is 1.49. The standard InChI is InChI=1S/C25H30N2OS/c1-25(2,3)21-8-6-18(7-9-21)19-4-5-20-15-23(29-22(20)14-19)24(28)27-16-17-10-12-26-13-11-17/h4-9,14-15,17,26H,10-13,16H2,1-3H3,(H,27,28). The summed E-state index contributed by atoms with van der Waals surface area (Å²) >= 11 is 1.58. The number of piperidine rings is 1. The third kappa shape index (κ3) is 4.71. The lowest BCUT2D eigenvalue weighted by Crippen LogP contribution is -2.35. The molecule has 0 bridgehead atoms. The molecule has 0 atom stereocenters. The summed E-state index contributed by atoms with van der Waals surface area (Å²) in [6.07, 6.45) is 2.29. The molecular formula is C25H30N2OS. The van der Waals surface area contributed by atoms with Crippen LogP contribution in [0.4, 0.5) is 0 Å². The maximum Gasteiger partial charge on any atom is 0.261 e. The van der Waals surface area contributed by atoms with Gasteiger partial charge in [0.25, 0.3) is 5.91 Å². The predicted molar refractivity (Wildman–Crippen MR) is 124 cm³/mol. The van der Waals surface area contributed by atoms with E-state index in [2.05, 4.69) is 73.9 Å². The van der Waals surface area contributed by atoms with Gasteiger partial charge in [-0.25, -0.2) is 0 Å². The Morgan fingerprint density at radius 3 is 2.41 bits per heavy atom. The highest BCUT2D eigenvalue weighted by Gasteiger charge is 2.16. The summed E-state index contributed by atoms with van der Waals surface area (Å²) in [5.41, 5.74) is 3.91. The van der Waals surface area contributed by atoms with E-state index in [-0.39, 0.29) is 11.3 Å². The maximum absolute atomic E-state index is 12.6. The van der Waals surface area contributed by atoms with Gasteiger partial charge in [-0.15, -0.1) is 11.3 Å². The summed E-state index contributed by atoms with van der Waals surface area (Å²) in [6.45, 7) is 9.60. The maximum atomic E-state index is 12.6. The van der Waals surface area contributed by atoms with Crippen LogP contribution in [-0.2, 0) is 5.41 Å². The van der Waals surface area contributed by atoms with Crippen molar-refractivity contribution in [3.63, 3.8) is 0 Å². The van der Waals surface area contributed by atoms with Gasteiger partial charge in [-0.3, -0.25) is 4.79 Å². The predicted octanol–water partition coefficient (Wildman–Crippen LogP) is 5.60. The van der Waals surface area contributed by atoms with Crippen LogP contribution in [-0.4, -0.2) is 25.5 Å². The van der Waals surface area contributed by atoms with Gasteiger partial charge in [-0.05, 0) is 71.5 Å². The van der Waals surface area contributed by atoms with Gasteiger partial charge in [0, 0.05) is 11.2 Å². The highest BCUT2D eigenvalue weighted by atomic mass is 32.1. The highest BCUT2D eigenvalue weighted by Crippen LogP contribution is 2.32. The molecule has 1 aromatic heterocycles. The third-order valence-corrected chi connectivity index (χ3v) is 6.93. The Morgan fingerprint density at radius 1 is 1.03 bits per heavy atom. The molecule has 3 aromatic rings. The first-order valence-corrected chi connectivity index (χ1v) is 11.4. The molecule has 2 aromatic carbocycles. The zero-order valence-corrected chi connectivity index (χ0v) is 18.4. The van der Waals surface area contributed by atoms with Gasteiger partial charge in [-0.2, -0.15) is 0 Å². The van der Waals surface area contributed by atoms with Crippen molar-refractivity contribution in [1.29, 1.82) is 0 Å². The Hall–Kier alpha value is -2.17. The average Bonchev–Trinajstić information content (AvgIpc) is 3.16. The molecule has 29 heavy (non-hydrogen) atoms. The minimum Gasteiger partial charge on any atom is -0.351 e. The van der Waals surface area contributed by atoms with Crippen molar-refractivity contribution >= 4 is 27.3 Å². The van der Waals surface area contributed by atoms with Crippen molar-refractivity contribution in [3.05, 3.63) is 59.0 Å². The van der Waals surface area contributed by atoms with Crippen molar-refractivity contribution < 1.29 is 4.79 Å². The second kappa shape index (κ2) is 8.29. The van der Waals surface area contributed by atoms with E-state index in [0.29, 0.717) is 5.92 Å². The van der Waals surface area contributed by atoms with Gasteiger partial charge >= 0.3 is 0 Å². The lowest BCUT2D eigenvalue weighted by atomic mass is 9.86. The second-order valence-electron chi connectivity index (χ2n) is 9.09. The van der Waals surface area contributed by atoms with E-state index in [1.165, 1.54) is 16.7 Å². The molecule has 1 aliphatic rings. The van der Waals surface area contributed by atoms with E-state index in [1.54, 1.807) is 11.3 Å². The normalized spacial score (nSPS) is 15.6. The molecule has 152 valence electrons. The van der Waals surface area contributed by atoms with Gasteiger partial charge in [0.15, 0.2) is 0 Å². The average molecular weight is 407 g/mol. The molecule has 1 saturated heterocycles. The number of nitrogens with one attached hydrogen (secondary N) is 2. The van der Waals surface area contributed by atoms with E-state index in [9.17, 15) is 4.79 Å². The number of carbonyl (C=O) groups is 1. The minimum atomic E-state index is 0.0563. The molecule has 2 heterocycles. The molecule has 0 saturated carbocycles. The van der Waals surface area contributed by atoms with Crippen LogP contribution in [0, 0.1) is 5.92 Å². The lowest BCUT2D eigenvalue weighted by molar-refractivity contribution is 0.0948. The van der Waals surface area contributed by atoms with Crippen LogP contribution in [0.3, 0.4) is 0 Å². The smallest absolute Gasteiger partial charge is 0.261 e. The molecule has 0 aliphatic carbocycles. The summed E-state index contributed by atoms with van der Waals surface area (Å²) in [4.78, 5) is 13.4. The fraction of sp³-hybridized carbons (Fsp3) is 0.400. The van der Waals surface area contributed by atoms with Crippen molar-refractivity contribution in [3.8, 4) is 11.1 Å². The van der Waals surface area contributed by atoms with E-state index < -0.39 is 0 Å². The number of hydrogen-bond acceptors (Lipinski definition) is 3. The molecular weight excluding hydrogens is 376 g/mol. The number of hydrogen-bond donors (Lipinski definition) is 2. The Morgan fingerprint density at radius 2 is 1.72 bits per heavy atom. The van der Waals surface area contributed by atoms with Gasteiger partial charge in [0.05, 0.1) is 4.88 Å². The molecule has 3 nitrogen and oxygen atoms in total. The lowest BCUT2D eigenvalue weighted by Gasteiger charge is -2.22. The molecule has 1 fully saturated rings. The molecule has 0 radical (unpaired) electrons. The largest absolute Gasteiger partial charge is 0.351 e. The Bertz CT molecular complexity index is 992. The van der Waals surface area contributed by atoms with Crippen LogP contribution < -0.4 is 10.6 Å². The number of thiophene rings is 1. The van der Waals surface area contributed by atoms with Crippen molar-refractivity contribution in [2.24, 2.45) is 5.92 Å². The van der Waals surface area contributed by atoms with Crippen LogP contribution in [0.15, 0.2) is 48.5 Å². The molecule has 4 rings (SSSR count). The number of benzene rings is 2. The van der Waals surface area contributed by atoms with E-state index in [0.717, 1.165) is 47.4 Å². The van der Waals surface area contributed by atoms with Gasteiger partial charge < -0.3 is 10.6 Å². The van der Waals surface area contributed by atoms with Crippen molar-refractivity contribution in [1.82, 2.24) is 10.6 Å². The number of fused-ring (bicyclic) bond motifs is 1. The zero-order chi connectivity index (χ0) is 20.4. The summed E-state index contributed by atoms with van der Waals surface area (Å²) in [7, 11) is 0. The van der Waals surface area contributed by atoms with E-state index in [1.807, 2.05) is 6.07 Å². The minimum absolute atomic E-state index is 0.0563. The Kier molecular flexibility index (Phi) is 5.75. The molecule has 1 amide bonds. The van der Waals surface area contributed by atoms with Crippen molar-refractivity contribution in [2.45, 2.75) is 39.0 Å². The number of carbonyl (C=O) groups excluding carboxylic acids is 1. The molecule has 2 N–H and O–H groups in total. The van der Waals surface area contributed by atoms with Gasteiger partial charge in [0.2, 0.25) is 0 Å². The zero-order valence-electron chi connectivity index (χ0n) is 17.5. The summed E-state index contributed by atoms with van der Waals surface area (Å²) in [5, 5.41) is 7.65. The second-order valence-corrected chi connectivity index (χ2v) is 10.2. The van der Waals surface area contributed by atoms with Gasteiger partial charge in [-0.1, -0.05) is 57.2 Å². The van der Waals surface area contributed by atoms with E-state index in [4.69, 9.17) is 0 Å². The van der Waals surface area contributed by atoms with Crippen LogP contribution in [0.25, 0.3) is 21.2 Å². The summed E-state index contributed by atoms with van der Waals surface area (Å²) in [6, 6.07) is 17.3. The summed E-state index contributed by atoms with van der Waals surface area (Å²) in [5.74, 6) is 0.651. The highest BCUT2D eigenvalue weighted by molar-refractivity contribution is 7.20. The molecule has 0 unspecified atom stereocenters. The van der Waals surface area contributed by atoms with Crippen LogP contribution >= 0.6 is 11.3 Å². The fourth-order valence-corrected chi connectivity index (χ4v) is 4.91. The topological polar surface area (TPSA) is 41.1 Å². The fourth-order valence-electron chi connectivity index (χ4n) is 3.90. The quantitative estimate of drug-likeness (QED) is 0.592. The number of amides is 1.